The van der Waals surface area contributed by atoms with E-state index in [4.69, 9.17) is 4.98 Å². The zero-order chi connectivity index (χ0) is 13.9. The second-order valence-corrected chi connectivity index (χ2v) is 6.58. The average molecular weight is 290 g/mol. The Balaban J connectivity index is 1.81. The minimum Gasteiger partial charge on any atom is -0.316 e. The third-order valence-corrected chi connectivity index (χ3v) is 4.97. The summed E-state index contributed by atoms with van der Waals surface area (Å²) in [4.78, 5) is 6.37. The molecule has 0 saturated heterocycles. The van der Waals surface area contributed by atoms with Crippen LogP contribution in [-0.4, -0.2) is 27.9 Å². The maximum Gasteiger partial charge on any atom is 0.144 e. The Bertz CT molecular complexity index is 572. The molecule has 0 fully saturated rings. The molecular formula is C15H22N4S. The summed E-state index contributed by atoms with van der Waals surface area (Å²) in [6.45, 7) is 4.37. The lowest BCUT2D eigenvalue weighted by atomic mass is 9.91. The zero-order valence-corrected chi connectivity index (χ0v) is 13.0. The Labute approximate surface area is 124 Å². The molecule has 108 valence electrons. The van der Waals surface area contributed by atoms with Gasteiger partial charge >= 0.3 is 0 Å². The summed E-state index contributed by atoms with van der Waals surface area (Å²) in [7, 11) is 1.95. The monoisotopic (exact) mass is 290 g/mol. The van der Waals surface area contributed by atoms with Gasteiger partial charge in [-0.05, 0) is 38.3 Å². The van der Waals surface area contributed by atoms with Crippen molar-refractivity contribution in [1.29, 1.82) is 0 Å². The molecule has 0 amide bonds. The van der Waals surface area contributed by atoms with E-state index >= 15 is 0 Å². The largest absolute Gasteiger partial charge is 0.316 e. The van der Waals surface area contributed by atoms with Gasteiger partial charge in [-0.2, -0.15) is 5.10 Å². The highest BCUT2D eigenvalue weighted by atomic mass is 32.1. The molecule has 1 unspecified atom stereocenters. The van der Waals surface area contributed by atoms with Crippen LogP contribution < -0.4 is 5.32 Å². The fraction of sp³-hybridized carbons (Fsp3) is 0.600. The highest BCUT2D eigenvalue weighted by Gasteiger charge is 2.25. The fourth-order valence-corrected chi connectivity index (χ4v) is 3.95. The van der Waals surface area contributed by atoms with E-state index in [1.54, 1.807) is 0 Å². The standard InChI is InChI=1S/C15H22N4S/c1-3-8-16-10-11-5-4-6-13-14(11)17-15(20-13)12-7-9-19(2)18-12/h7,9,11,16H,3-6,8,10H2,1-2H3. The lowest BCUT2D eigenvalue weighted by Crippen LogP contribution is -2.24. The second kappa shape index (κ2) is 6.06. The van der Waals surface area contributed by atoms with Crippen molar-refractivity contribution in [2.75, 3.05) is 13.1 Å². The number of aromatic nitrogens is 3. The Hall–Kier alpha value is -1.20. The number of aryl methyl sites for hydroxylation is 2. The van der Waals surface area contributed by atoms with E-state index in [2.05, 4.69) is 23.4 Å². The van der Waals surface area contributed by atoms with Crippen LogP contribution in [0.3, 0.4) is 0 Å². The van der Waals surface area contributed by atoms with Crippen molar-refractivity contribution < 1.29 is 0 Å². The highest BCUT2D eigenvalue weighted by molar-refractivity contribution is 7.15. The molecule has 0 aliphatic heterocycles. The number of nitrogens with one attached hydrogen (secondary N) is 1. The van der Waals surface area contributed by atoms with Crippen molar-refractivity contribution >= 4 is 11.3 Å². The van der Waals surface area contributed by atoms with E-state index in [-0.39, 0.29) is 0 Å². The van der Waals surface area contributed by atoms with Crippen LogP contribution in [0.4, 0.5) is 0 Å². The van der Waals surface area contributed by atoms with Gasteiger partial charge in [-0.25, -0.2) is 4.98 Å². The summed E-state index contributed by atoms with van der Waals surface area (Å²) >= 11 is 1.83. The van der Waals surface area contributed by atoms with Crippen LogP contribution in [0.5, 0.6) is 0 Å². The van der Waals surface area contributed by atoms with Gasteiger partial charge in [-0.15, -0.1) is 11.3 Å². The normalized spacial score (nSPS) is 18.2. The molecule has 20 heavy (non-hydrogen) atoms. The fourth-order valence-electron chi connectivity index (χ4n) is 2.80. The molecule has 2 aromatic rings. The number of nitrogens with zero attached hydrogens (tertiary/aromatic N) is 3. The summed E-state index contributed by atoms with van der Waals surface area (Å²) in [5, 5.41) is 9.10. The molecule has 0 radical (unpaired) electrons. The first kappa shape index (κ1) is 13.8. The third kappa shape index (κ3) is 2.79. The SMILES string of the molecule is CCCNCC1CCCc2sc(-c3ccn(C)n3)nc21. The lowest BCUT2D eigenvalue weighted by Gasteiger charge is -2.21. The van der Waals surface area contributed by atoms with Crippen LogP contribution in [0.1, 0.15) is 42.7 Å². The zero-order valence-electron chi connectivity index (χ0n) is 12.2. The van der Waals surface area contributed by atoms with Crippen molar-refractivity contribution in [1.82, 2.24) is 20.1 Å². The summed E-state index contributed by atoms with van der Waals surface area (Å²) in [6.07, 6.45) is 6.90. The minimum atomic E-state index is 0.582. The van der Waals surface area contributed by atoms with Crippen LogP contribution in [-0.2, 0) is 13.5 Å². The predicted molar refractivity (Wildman–Crippen MR) is 83.2 cm³/mol. The maximum atomic E-state index is 4.90. The quantitative estimate of drug-likeness (QED) is 0.861. The summed E-state index contributed by atoms with van der Waals surface area (Å²) < 4.78 is 1.84. The van der Waals surface area contributed by atoms with Crippen LogP contribution in [0.25, 0.3) is 10.7 Å². The highest BCUT2D eigenvalue weighted by Crippen LogP contribution is 2.37. The van der Waals surface area contributed by atoms with Gasteiger partial charge in [0.05, 0.1) is 5.69 Å². The van der Waals surface area contributed by atoms with Gasteiger partial charge in [0.25, 0.3) is 0 Å². The molecule has 3 rings (SSSR count). The predicted octanol–water partition coefficient (Wildman–Crippen LogP) is 2.96. The molecule has 1 N–H and O–H groups in total. The van der Waals surface area contributed by atoms with Crippen molar-refractivity contribution in [3.63, 3.8) is 0 Å². The van der Waals surface area contributed by atoms with E-state index in [1.165, 1.54) is 36.3 Å². The second-order valence-electron chi connectivity index (χ2n) is 5.50. The van der Waals surface area contributed by atoms with Crippen molar-refractivity contribution in [2.45, 2.75) is 38.5 Å². The number of hydrogen-bond donors (Lipinski definition) is 1. The molecule has 5 heteroatoms. The minimum absolute atomic E-state index is 0.582. The van der Waals surface area contributed by atoms with Crippen LogP contribution in [0.2, 0.25) is 0 Å². The van der Waals surface area contributed by atoms with Crippen LogP contribution >= 0.6 is 11.3 Å². The first-order chi connectivity index (χ1) is 9.78. The van der Waals surface area contributed by atoms with E-state index in [9.17, 15) is 0 Å². The number of hydrogen-bond acceptors (Lipinski definition) is 4. The van der Waals surface area contributed by atoms with Gasteiger partial charge in [-0.1, -0.05) is 6.92 Å². The molecule has 0 spiro atoms. The molecule has 1 atom stereocenters. The van der Waals surface area contributed by atoms with Gasteiger partial charge in [0, 0.05) is 30.6 Å². The molecule has 2 heterocycles. The van der Waals surface area contributed by atoms with Crippen LogP contribution in [0, 0.1) is 0 Å². The van der Waals surface area contributed by atoms with Gasteiger partial charge in [0.1, 0.15) is 10.7 Å². The average Bonchev–Trinajstić information content (AvgIpc) is 3.05. The van der Waals surface area contributed by atoms with E-state index < -0.39 is 0 Å². The van der Waals surface area contributed by atoms with Gasteiger partial charge < -0.3 is 5.32 Å². The van der Waals surface area contributed by atoms with Crippen molar-refractivity contribution in [2.24, 2.45) is 7.05 Å². The molecule has 0 aromatic carbocycles. The van der Waals surface area contributed by atoms with Gasteiger partial charge in [0.15, 0.2) is 0 Å². The molecule has 4 nitrogen and oxygen atoms in total. The Morgan fingerprint density at radius 1 is 1.50 bits per heavy atom. The number of thiazole rings is 1. The van der Waals surface area contributed by atoms with E-state index in [0.29, 0.717) is 5.92 Å². The lowest BCUT2D eigenvalue weighted by molar-refractivity contribution is 0.502. The maximum absolute atomic E-state index is 4.90. The van der Waals surface area contributed by atoms with Crippen LogP contribution in [0.15, 0.2) is 12.3 Å². The Kier molecular flexibility index (Phi) is 4.17. The van der Waals surface area contributed by atoms with Gasteiger partial charge in [-0.3, -0.25) is 4.68 Å². The molecule has 1 aliphatic rings. The summed E-state index contributed by atoms with van der Waals surface area (Å²) in [5.74, 6) is 0.582. The van der Waals surface area contributed by atoms with Crippen molar-refractivity contribution in [3.8, 4) is 10.7 Å². The number of fused-ring (bicyclic) bond motifs is 1. The summed E-state index contributed by atoms with van der Waals surface area (Å²) in [5.41, 5.74) is 2.33. The molecule has 0 bridgehead atoms. The molecular weight excluding hydrogens is 268 g/mol. The molecule has 2 aromatic heterocycles. The Morgan fingerprint density at radius 3 is 3.15 bits per heavy atom. The Morgan fingerprint density at radius 2 is 2.40 bits per heavy atom. The van der Waals surface area contributed by atoms with E-state index in [1.807, 2.05) is 29.3 Å². The smallest absolute Gasteiger partial charge is 0.144 e. The molecule has 0 saturated carbocycles. The van der Waals surface area contributed by atoms with E-state index in [0.717, 1.165) is 23.8 Å². The molecule has 1 aliphatic carbocycles. The topological polar surface area (TPSA) is 42.7 Å². The summed E-state index contributed by atoms with van der Waals surface area (Å²) in [6, 6.07) is 2.05. The van der Waals surface area contributed by atoms with Crippen molar-refractivity contribution in [3.05, 3.63) is 22.8 Å². The third-order valence-electron chi connectivity index (χ3n) is 3.82. The van der Waals surface area contributed by atoms with Gasteiger partial charge in [0.2, 0.25) is 0 Å². The first-order valence-electron chi connectivity index (χ1n) is 7.48. The number of rotatable bonds is 5. The first-order valence-corrected chi connectivity index (χ1v) is 8.30.